The Morgan fingerprint density at radius 3 is 2.17 bits per heavy atom. The van der Waals surface area contributed by atoms with Gasteiger partial charge in [0.25, 0.3) is 0 Å². The molecule has 0 aliphatic heterocycles. The average Bonchev–Trinajstić information content (AvgIpc) is 2.89. The second-order valence-electron chi connectivity index (χ2n) is 8.08. The number of ether oxygens (including phenoxy) is 2. The molecule has 0 aliphatic carbocycles. The zero-order valence-corrected chi connectivity index (χ0v) is 23.4. The number of aliphatic carboxylic acids is 1. The van der Waals surface area contributed by atoms with Crippen LogP contribution in [0.4, 0.5) is 18.9 Å². The molecule has 2 amide bonds. The quantitative estimate of drug-likeness (QED) is 0.208. The van der Waals surface area contributed by atoms with E-state index in [1.165, 1.54) is 40.3 Å². The summed E-state index contributed by atoms with van der Waals surface area (Å²) in [6, 6.07) is 8.49. The summed E-state index contributed by atoms with van der Waals surface area (Å²) in [6.45, 7) is 3.22. The molecule has 2 aromatic rings. The van der Waals surface area contributed by atoms with Crippen molar-refractivity contribution < 1.29 is 50.6 Å². The monoisotopic (exact) mass is 605 g/mol. The van der Waals surface area contributed by atoms with Crippen LogP contribution in [-0.2, 0) is 30.8 Å². The van der Waals surface area contributed by atoms with Crippen molar-refractivity contribution in [3.05, 3.63) is 47.5 Å². The molecule has 0 radical (unpaired) electrons. The number of aryl methyl sites for hydroxylation is 1. The van der Waals surface area contributed by atoms with Gasteiger partial charge in [0, 0.05) is 5.69 Å². The lowest BCUT2D eigenvalue weighted by Gasteiger charge is -2.13. The lowest BCUT2D eigenvalue weighted by atomic mass is 10.1. The lowest BCUT2D eigenvalue weighted by Crippen LogP contribution is -2.39. The number of nitrogens with one attached hydrogen (secondary N) is 3. The van der Waals surface area contributed by atoms with Crippen LogP contribution in [0.3, 0.4) is 0 Å². The van der Waals surface area contributed by atoms with Crippen molar-refractivity contribution in [2.45, 2.75) is 37.4 Å². The standard InChI is InChI=1S/C22H29N5O6S.C2HF3O2/c1-13-6-8-16(34(30,31)24-3)12-17(13)26-21(29)14(2)25-22(23)27-20(28)11-15-7-9-18(32-4)19(10-15)33-5;3-2(4,5)1(6)7/h6-10,12,14,24H,11H2,1-5H3,(H,26,29)(H3,23,25,27,28);(H,6,7)/t14-;/m1./s1. The highest BCUT2D eigenvalue weighted by Gasteiger charge is 2.38. The van der Waals surface area contributed by atoms with E-state index in [9.17, 15) is 31.2 Å². The first-order valence-corrected chi connectivity index (χ1v) is 12.9. The van der Waals surface area contributed by atoms with Crippen LogP contribution in [0.5, 0.6) is 11.5 Å². The van der Waals surface area contributed by atoms with Gasteiger partial charge in [0.15, 0.2) is 17.5 Å². The van der Waals surface area contributed by atoms with E-state index in [2.05, 4.69) is 20.3 Å². The third-order valence-corrected chi connectivity index (χ3v) is 6.49. The number of alkyl halides is 3. The summed E-state index contributed by atoms with van der Waals surface area (Å²) < 4.78 is 68.4. The fraction of sp³-hybridized carbons (Fsp3) is 0.333. The third-order valence-electron chi connectivity index (χ3n) is 5.08. The molecule has 1 atom stereocenters. The van der Waals surface area contributed by atoms with Gasteiger partial charge < -0.3 is 25.6 Å². The summed E-state index contributed by atoms with van der Waals surface area (Å²) in [7, 11) is 0.638. The third kappa shape index (κ3) is 11.0. The van der Waals surface area contributed by atoms with E-state index in [1.54, 1.807) is 31.2 Å². The number of benzene rings is 2. The molecule has 0 saturated heterocycles. The molecule has 0 fully saturated rings. The first-order valence-electron chi connectivity index (χ1n) is 11.4. The molecule has 0 bridgehead atoms. The molecule has 6 N–H and O–H groups in total. The van der Waals surface area contributed by atoms with Gasteiger partial charge in [-0.25, -0.2) is 22.9 Å². The number of nitrogens with two attached hydrogens (primary N) is 1. The molecule has 2 rings (SSSR count). The highest BCUT2D eigenvalue weighted by Crippen LogP contribution is 2.27. The van der Waals surface area contributed by atoms with Gasteiger partial charge in [-0.3, -0.25) is 14.9 Å². The molecule has 41 heavy (non-hydrogen) atoms. The van der Waals surface area contributed by atoms with Crippen molar-refractivity contribution in [2.75, 3.05) is 26.6 Å². The molecule has 17 heteroatoms. The van der Waals surface area contributed by atoms with Gasteiger partial charge in [0.2, 0.25) is 21.8 Å². The highest BCUT2D eigenvalue weighted by atomic mass is 32.2. The Balaban J connectivity index is 0.00000106. The lowest BCUT2D eigenvalue weighted by molar-refractivity contribution is -0.192. The summed E-state index contributed by atoms with van der Waals surface area (Å²) in [6.07, 6.45) is -5.08. The summed E-state index contributed by atoms with van der Waals surface area (Å²) >= 11 is 0. The Labute approximate surface area is 234 Å². The molecule has 13 nitrogen and oxygen atoms in total. The number of nitrogens with zero attached hydrogens (tertiary/aromatic N) is 1. The number of carboxylic acid groups (broad SMARTS) is 1. The molecule has 0 spiro atoms. The average molecular weight is 606 g/mol. The van der Waals surface area contributed by atoms with Crippen LogP contribution < -0.4 is 30.6 Å². The zero-order valence-electron chi connectivity index (χ0n) is 22.6. The van der Waals surface area contributed by atoms with Gasteiger partial charge in [0.05, 0.1) is 25.5 Å². The number of anilines is 1. The Bertz CT molecular complexity index is 1400. The Morgan fingerprint density at radius 2 is 1.66 bits per heavy atom. The van der Waals surface area contributed by atoms with E-state index in [0.717, 1.165) is 0 Å². The van der Waals surface area contributed by atoms with E-state index in [0.29, 0.717) is 28.3 Å². The maximum absolute atomic E-state index is 12.6. The summed E-state index contributed by atoms with van der Waals surface area (Å²) in [5.74, 6) is -2.91. The van der Waals surface area contributed by atoms with E-state index >= 15 is 0 Å². The number of guanidine groups is 1. The van der Waals surface area contributed by atoms with E-state index < -0.39 is 40.0 Å². The summed E-state index contributed by atoms with van der Waals surface area (Å²) in [4.78, 5) is 37.8. The van der Waals surface area contributed by atoms with Gasteiger partial charge in [-0.2, -0.15) is 13.2 Å². The molecule has 0 saturated carbocycles. The minimum absolute atomic E-state index is 0.00305. The van der Waals surface area contributed by atoms with Crippen LogP contribution in [0.15, 0.2) is 46.3 Å². The first-order chi connectivity index (χ1) is 18.9. The SMILES string of the molecule is CNS(=O)(=O)c1ccc(C)c(NC(=O)[C@@H](C)N=C(N)NC(=O)Cc2ccc(OC)c(OC)c2)c1.O=C(O)C(F)(F)F. The number of rotatable bonds is 9. The van der Waals surface area contributed by atoms with E-state index in [4.69, 9.17) is 25.1 Å². The van der Waals surface area contributed by atoms with Gasteiger partial charge in [-0.1, -0.05) is 12.1 Å². The Morgan fingerprint density at radius 1 is 1.07 bits per heavy atom. The number of carbonyl (C=O) groups excluding carboxylic acids is 2. The number of carbonyl (C=O) groups is 3. The number of halogens is 3. The number of hydrogen-bond donors (Lipinski definition) is 5. The fourth-order valence-electron chi connectivity index (χ4n) is 2.92. The van der Waals surface area contributed by atoms with Gasteiger partial charge >= 0.3 is 12.1 Å². The highest BCUT2D eigenvalue weighted by molar-refractivity contribution is 7.89. The molecule has 0 aliphatic rings. The predicted octanol–water partition coefficient (Wildman–Crippen LogP) is 1.55. The van der Waals surface area contributed by atoms with Crippen LogP contribution in [0.1, 0.15) is 18.1 Å². The van der Waals surface area contributed by atoms with Crippen molar-refractivity contribution >= 4 is 39.5 Å². The molecule has 0 aromatic heterocycles. The second kappa shape index (κ2) is 14.8. The molecular formula is C24H30F3N5O8S. The predicted molar refractivity (Wildman–Crippen MR) is 142 cm³/mol. The molecule has 0 unspecified atom stereocenters. The first kappa shape index (κ1) is 34.6. The topological polar surface area (TPSA) is 199 Å². The van der Waals surface area contributed by atoms with Gasteiger partial charge in [-0.05, 0) is 56.3 Å². The molecular weight excluding hydrogens is 575 g/mol. The second-order valence-corrected chi connectivity index (χ2v) is 9.97. The molecule has 2 aromatic carbocycles. The molecule has 226 valence electrons. The normalized spacial score (nSPS) is 12.3. The van der Waals surface area contributed by atoms with Crippen LogP contribution in [-0.4, -0.2) is 70.8 Å². The van der Waals surface area contributed by atoms with E-state index in [-0.39, 0.29) is 17.3 Å². The van der Waals surface area contributed by atoms with Crippen LogP contribution in [0.25, 0.3) is 0 Å². The van der Waals surface area contributed by atoms with Crippen molar-refractivity contribution in [3.63, 3.8) is 0 Å². The van der Waals surface area contributed by atoms with E-state index in [1.807, 2.05) is 0 Å². The zero-order chi connectivity index (χ0) is 31.5. The number of methoxy groups -OCH3 is 2. The maximum Gasteiger partial charge on any atom is 0.490 e. The number of aliphatic imine (C=N–C) groups is 1. The number of sulfonamides is 1. The maximum atomic E-state index is 12.6. The van der Waals surface area contributed by atoms with Crippen molar-refractivity contribution in [3.8, 4) is 11.5 Å². The smallest absolute Gasteiger partial charge is 0.490 e. The van der Waals surface area contributed by atoms with Crippen LogP contribution in [0, 0.1) is 6.92 Å². The summed E-state index contributed by atoms with van der Waals surface area (Å²) in [5.41, 5.74) is 7.45. The number of amides is 2. The minimum atomic E-state index is -5.08. The van der Waals surface area contributed by atoms with Gasteiger partial charge in [0.1, 0.15) is 6.04 Å². The largest absolute Gasteiger partial charge is 0.493 e. The van der Waals surface area contributed by atoms with Crippen LogP contribution in [0.2, 0.25) is 0 Å². The van der Waals surface area contributed by atoms with Crippen molar-refractivity contribution in [1.82, 2.24) is 10.0 Å². The van der Waals surface area contributed by atoms with Crippen LogP contribution >= 0.6 is 0 Å². The summed E-state index contributed by atoms with van der Waals surface area (Å²) in [5, 5.41) is 12.2. The number of hydrogen-bond acceptors (Lipinski definition) is 8. The number of carboxylic acids is 1. The minimum Gasteiger partial charge on any atom is -0.493 e. The Kier molecular flexibility index (Phi) is 12.5. The van der Waals surface area contributed by atoms with Crippen molar-refractivity contribution in [1.29, 1.82) is 0 Å². The van der Waals surface area contributed by atoms with Gasteiger partial charge in [-0.15, -0.1) is 0 Å². The molecule has 0 heterocycles. The fourth-order valence-corrected chi connectivity index (χ4v) is 3.68. The Hall–Kier alpha value is -4.38. The van der Waals surface area contributed by atoms with Crippen molar-refractivity contribution in [2.24, 2.45) is 10.7 Å².